The number of pyridine rings is 1. The van der Waals surface area contributed by atoms with Gasteiger partial charge in [0.15, 0.2) is 0 Å². The van der Waals surface area contributed by atoms with E-state index in [2.05, 4.69) is 38.9 Å². The van der Waals surface area contributed by atoms with Crippen LogP contribution in [0.25, 0.3) is 0 Å². The van der Waals surface area contributed by atoms with Gasteiger partial charge in [-0.05, 0) is 101 Å². The molecule has 0 bridgehead atoms. The van der Waals surface area contributed by atoms with Gasteiger partial charge >= 0.3 is 0 Å². The van der Waals surface area contributed by atoms with Crippen molar-refractivity contribution in [1.29, 1.82) is 0 Å². The lowest BCUT2D eigenvalue weighted by molar-refractivity contribution is -0.139. The summed E-state index contributed by atoms with van der Waals surface area (Å²) in [6.07, 6.45) is 13.9. The SMILES string of the molecule is CN(C(=O)[C@H]1CCCN(C2CCN(Cc3ccncc3)CC2)C1)C(C1CC1)C1CC1. The second-order valence-corrected chi connectivity index (χ2v) is 10.3. The van der Waals surface area contributed by atoms with Crippen molar-refractivity contribution in [2.75, 3.05) is 33.2 Å². The Morgan fingerprint density at radius 3 is 2.33 bits per heavy atom. The van der Waals surface area contributed by atoms with Crippen LogP contribution in [0.4, 0.5) is 0 Å². The topological polar surface area (TPSA) is 39.7 Å². The average molecular weight is 411 g/mol. The lowest BCUT2D eigenvalue weighted by Gasteiger charge is -2.43. The second-order valence-electron chi connectivity index (χ2n) is 10.3. The summed E-state index contributed by atoms with van der Waals surface area (Å²) in [5.41, 5.74) is 1.36. The van der Waals surface area contributed by atoms with Crippen molar-refractivity contribution in [3.05, 3.63) is 30.1 Å². The van der Waals surface area contributed by atoms with E-state index in [0.29, 0.717) is 18.0 Å². The summed E-state index contributed by atoms with van der Waals surface area (Å²) in [5.74, 6) is 2.27. The van der Waals surface area contributed by atoms with E-state index >= 15 is 0 Å². The van der Waals surface area contributed by atoms with E-state index in [0.717, 1.165) is 44.4 Å². The van der Waals surface area contributed by atoms with E-state index in [1.165, 1.54) is 57.1 Å². The number of hydrogen-bond acceptors (Lipinski definition) is 4. The van der Waals surface area contributed by atoms with Crippen molar-refractivity contribution >= 4 is 5.91 Å². The molecule has 1 atom stereocenters. The molecule has 1 aromatic rings. The van der Waals surface area contributed by atoms with Crippen LogP contribution in [0.15, 0.2) is 24.5 Å². The minimum Gasteiger partial charge on any atom is -0.342 e. The molecule has 30 heavy (non-hydrogen) atoms. The average Bonchev–Trinajstić information content (AvgIpc) is 3.71. The van der Waals surface area contributed by atoms with Crippen LogP contribution in [0.2, 0.25) is 0 Å². The molecule has 2 aliphatic carbocycles. The second kappa shape index (κ2) is 8.96. The maximum atomic E-state index is 13.4. The molecule has 0 spiro atoms. The Hall–Kier alpha value is -1.46. The highest BCUT2D eigenvalue weighted by atomic mass is 16.2. The van der Waals surface area contributed by atoms with Gasteiger partial charge in [-0.25, -0.2) is 0 Å². The quantitative estimate of drug-likeness (QED) is 0.691. The minimum absolute atomic E-state index is 0.221. The molecule has 4 fully saturated rings. The van der Waals surface area contributed by atoms with Crippen LogP contribution in [0.1, 0.15) is 56.9 Å². The van der Waals surface area contributed by atoms with Crippen LogP contribution in [-0.2, 0) is 11.3 Å². The molecular weight excluding hydrogens is 372 g/mol. The predicted octanol–water partition coefficient (Wildman–Crippen LogP) is 3.41. The van der Waals surface area contributed by atoms with E-state index in [9.17, 15) is 4.79 Å². The Morgan fingerprint density at radius 2 is 1.70 bits per heavy atom. The summed E-state index contributed by atoms with van der Waals surface area (Å²) < 4.78 is 0. The normalized spacial score (nSPS) is 26.8. The maximum absolute atomic E-state index is 13.4. The van der Waals surface area contributed by atoms with Crippen molar-refractivity contribution in [2.45, 2.75) is 70.0 Å². The van der Waals surface area contributed by atoms with Gasteiger partial charge in [0, 0.05) is 44.6 Å². The van der Waals surface area contributed by atoms with Gasteiger partial charge in [-0.1, -0.05) is 0 Å². The molecule has 5 nitrogen and oxygen atoms in total. The summed E-state index contributed by atoms with van der Waals surface area (Å²) in [4.78, 5) is 24.9. The van der Waals surface area contributed by atoms with Gasteiger partial charge in [0.25, 0.3) is 0 Å². The minimum atomic E-state index is 0.221. The third-order valence-electron chi connectivity index (χ3n) is 8.04. The molecule has 3 heterocycles. The standard InChI is InChI=1S/C25H38N4O/c1-27(24(20-4-5-20)21-6-7-21)25(30)22-3-2-14-29(18-22)23-10-15-28(16-11-23)17-19-8-12-26-13-9-19/h8-9,12-13,20-24H,2-7,10-11,14-18H2,1H3/t22-/m0/s1. The number of hydrogen-bond donors (Lipinski definition) is 0. The van der Waals surface area contributed by atoms with Crippen LogP contribution in [0, 0.1) is 17.8 Å². The fourth-order valence-corrected chi connectivity index (χ4v) is 6.06. The molecule has 0 radical (unpaired) electrons. The first kappa shape index (κ1) is 20.4. The fraction of sp³-hybridized carbons (Fsp3) is 0.760. The van der Waals surface area contributed by atoms with Crippen LogP contribution in [-0.4, -0.2) is 70.9 Å². The Labute approximate surface area is 181 Å². The molecule has 0 N–H and O–H groups in total. The van der Waals surface area contributed by atoms with E-state index in [-0.39, 0.29) is 5.92 Å². The van der Waals surface area contributed by atoms with Crippen molar-refractivity contribution in [1.82, 2.24) is 19.7 Å². The van der Waals surface area contributed by atoms with Gasteiger partial charge in [-0.2, -0.15) is 0 Å². The van der Waals surface area contributed by atoms with Gasteiger partial charge < -0.3 is 4.90 Å². The molecule has 1 amide bonds. The Balaban J connectivity index is 1.13. The summed E-state index contributed by atoms with van der Waals surface area (Å²) in [6, 6.07) is 5.45. The molecule has 2 aliphatic heterocycles. The Bertz CT molecular complexity index is 697. The van der Waals surface area contributed by atoms with Gasteiger partial charge in [0.05, 0.1) is 5.92 Å². The monoisotopic (exact) mass is 410 g/mol. The third kappa shape index (κ3) is 4.72. The van der Waals surface area contributed by atoms with Crippen LogP contribution < -0.4 is 0 Å². The zero-order valence-corrected chi connectivity index (χ0v) is 18.6. The largest absolute Gasteiger partial charge is 0.342 e. The first-order chi connectivity index (χ1) is 14.7. The molecular formula is C25H38N4O. The van der Waals surface area contributed by atoms with E-state index < -0.39 is 0 Å². The van der Waals surface area contributed by atoms with Crippen LogP contribution in [0.5, 0.6) is 0 Å². The zero-order chi connectivity index (χ0) is 20.5. The molecule has 4 aliphatic rings. The number of nitrogens with zero attached hydrogens (tertiary/aromatic N) is 4. The summed E-state index contributed by atoms with van der Waals surface area (Å²) in [5, 5.41) is 0. The number of piperidine rings is 2. The molecule has 2 saturated heterocycles. The number of rotatable bonds is 7. The molecule has 164 valence electrons. The summed E-state index contributed by atoms with van der Waals surface area (Å²) >= 11 is 0. The van der Waals surface area contributed by atoms with Gasteiger partial charge in [0.2, 0.25) is 5.91 Å². The summed E-state index contributed by atoms with van der Waals surface area (Å²) in [7, 11) is 2.11. The highest BCUT2D eigenvalue weighted by Crippen LogP contribution is 2.47. The molecule has 1 aromatic heterocycles. The van der Waals surface area contributed by atoms with Gasteiger partial charge in [-0.3, -0.25) is 19.6 Å². The van der Waals surface area contributed by atoms with Crippen LogP contribution in [0.3, 0.4) is 0 Å². The smallest absolute Gasteiger partial charge is 0.226 e. The van der Waals surface area contributed by atoms with E-state index in [1.54, 1.807) is 0 Å². The number of aromatic nitrogens is 1. The van der Waals surface area contributed by atoms with Crippen molar-refractivity contribution in [3.8, 4) is 0 Å². The third-order valence-corrected chi connectivity index (χ3v) is 8.04. The first-order valence-corrected chi connectivity index (χ1v) is 12.3. The number of carbonyl (C=O) groups is 1. The fourth-order valence-electron chi connectivity index (χ4n) is 6.06. The van der Waals surface area contributed by atoms with E-state index in [4.69, 9.17) is 0 Å². The first-order valence-electron chi connectivity index (χ1n) is 12.3. The molecule has 0 unspecified atom stereocenters. The molecule has 5 heteroatoms. The Kier molecular flexibility index (Phi) is 6.10. The molecule has 0 aromatic carbocycles. The van der Waals surface area contributed by atoms with Crippen molar-refractivity contribution < 1.29 is 4.79 Å². The molecule has 5 rings (SSSR count). The highest BCUT2D eigenvalue weighted by molar-refractivity contribution is 5.79. The van der Waals surface area contributed by atoms with Crippen molar-refractivity contribution in [3.63, 3.8) is 0 Å². The zero-order valence-electron chi connectivity index (χ0n) is 18.6. The summed E-state index contributed by atoms with van der Waals surface area (Å²) in [6.45, 7) is 5.52. The number of amides is 1. The van der Waals surface area contributed by atoms with Crippen LogP contribution >= 0.6 is 0 Å². The van der Waals surface area contributed by atoms with Crippen molar-refractivity contribution in [2.24, 2.45) is 17.8 Å². The van der Waals surface area contributed by atoms with E-state index in [1.807, 2.05) is 12.4 Å². The molecule has 2 saturated carbocycles. The highest BCUT2D eigenvalue weighted by Gasteiger charge is 2.46. The number of likely N-dealkylation sites (tertiary alicyclic amines) is 2. The number of carbonyl (C=O) groups excluding carboxylic acids is 1. The predicted molar refractivity (Wildman–Crippen MR) is 119 cm³/mol. The lowest BCUT2D eigenvalue weighted by atomic mass is 9.92. The Morgan fingerprint density at radius 1 is 1.03 bits per heavy atom. The van der Waals surface area contributed by atoms with Gasteiger partial charge in [-0.15, -0.1) is 0 Å². The maximum Gasteiger partial charge on any atom is 0.226 e. The lowest BCUT2D eigenvalue weighted by Crippen LogP contribution is -2.52. The van der Waals surface area contributed by atoms with Gasteiger partial charge in [0.1, 0.15) is 0 Å².